The van der Waals surface area contributed by atoms with E-state index in [0.29, 0.717) is 0 Å². The smallest absolute Gasteiger partial charge is 0.374 e. The Morgan fingerprint density at radius 3 is 2.20 bits per heavy atom. The second kappa shape index (κ2) is 3.60. The lowest BCUT2D eigenvalue weighted by molar-refractivity contribution is -0.148. The fourth-order valence-electron chi connectivity index (χ4n) is 0.280. The highest BCUT2D eigenvalue weighted by Gasteiger charge is 2.10. The van der Waals surface area contributed by atoms with E-state index in [2.05, 4.69) is 5.32 Å². The number of carbonyl (C=O) groups excluding carboxylic acids is 2. The number of hydrogen-bond donors (Lipinski definition) is 2. The zero-order valence-corrected chi connectivity index (χ0v) is 5.38. The molecule has 1 amide bonds. The summed E-state index contributed by atoms with van der Waals surface area (Å²) < 4.78 is 0. The highest BCUT2D eigenvalue weighted by Crippen LogP contribution is 1.69. The molecular weight excluding hydrogens is 138 g/mol. The Morgan fingerprint density at radius 1 is 1.40 bits per heavy atom. The van der Waals surface area contributed by atoms with E-state index in [9.17, 15) is 14.4 Å². The van der Waals surface area contributed by atoms with Gasteiger partial charge in [-0.1, -0.05) is 0 Å². The largest absolute Gasteiger partial charge is 0.475 e. The lowest BCUT2D eigenvalue weighted by Gasteiger charge is -1.94. The normalized spacial score (nSPS) is 8.50. The maximum atomic E-state index is 10.2. The van der Waals surface area contributed by atoms with Gasteiger partial charge in [0.2, 0.25) is 5.91 Å². The van der Waals surface area contributed by atoms with Crippen molar-refractivity contribution in [2.75, 3.05) is 6.54 Å². The van der Waals surface area contributed by atoms with E-state index in [0.717, 1.165) is 0 Å². The fourth-order valence-corrected chi connectivity index (χ4v) is 0.280. The van der Waals surface area contributed by atoms with Crippen LogP contribution in [0.5, 0.6) is 0 Å². The number of rotatable bonds is 3. The lowest BCUT2D eigenvalue weighted by atomic mass is 10.4. The van der Waals surface area contributed by atoms with Crippen molar-refractivity contribution in [2.45, 2.75) is 6.92 Å². The number of amides is 1. The summed E-state index contributed by atoms with van der Waals surface area (Å²) in [6.45, 7) is 0.764. The number of hydrogen-bond acceptors (Lipinski definition) is 3. The third kappa shape index (κ3) is 3.59. The van der Waals surface area contributed by atoms with Gasteiger partial charge in [-0.2, -0.15) is 0 Å². The minimum atomic E-state index is -1.53. The van der Waals surface area contributed by atoms with Gasteiger partial charge >= 0.3 is 5.97 Å². The van der Waals surface area contributed by atoms with Crippen molar-refractivity contribution in [3.05, 3.63) is 0 Å². The van der Waals surface area contributed by atoms with Crippen molar-refractivity contribution < 1.29 is 19.5 Å². The van der Waals surface area contributed by atoms with Crippen LogP contribution in [0.25, 0.3) is 0 Å². The van der Waals surface area contributed by atoms with Gasteiger partial charge in [0, 0.05) is 6.92 Å². The van der Waals surface area contributed by atoms with Crippen LogP contribution in [0.15, 0.2) is 0 Å². The summed E-state index contributed by atoms with van der Waals surface area (Å²) in [6, 6.07) is 0. The van der Waals surface area contributed by atoms with Crippen LogP contribution in [0.3, 0.4) is 0 Å². The molecule has 0 saturated carbocycles. The number of ketones is 1. The molecule has 0 heterocycles. The molecule has 0 bridgehead atoms. The summed E-state index contributed by atoms with van der Waals surface area (Å²) in [4.78, 5) is 30.2. The SMILES string of the molecule is CC(=O)NCC(=O)C(=O)O. The van der Waals surface area contributed by atoms with Crippen LogP contribution in [0.4, 0.5) is 0 Å². The summed E-state index contributed by atoms with van der Waals surface area (Å²) in [5, 5.41) is 10.1. The Labute approximate surface area is 57.0 Å². The minimum absolute atomic E-state index is 0.422. The van der Waals surface area contributed by atoms with Gasteiger partial charge in [0.1, 0.15) is 0 Å². The standard InChI is InChI=1S/C5H7NO4/c1-3(7)6-2-4(8)5(9)10/h2H2,1H3,(H,6,7)(H,9,10). The molecule has 0 spiro atoms. The maximum Gasteiger partial charge on any atom is 0.374 e. The van der Waals surface area contributed by atoms with Gasteiger partial charge in [-0.15, -0.1) is 0 Å². The number of carboxylic acid groups (broad SMARTS) is 1. The minimum Gasteiger partial charge on any atom is -0.475 e. The second-order valence-electron chi connectivity index (χ2n) is 1.64. The molecule has 0 atom stereocenters. The predicted octanol–water partition coefficient (Wildman–Crippen LogP) is -1.22. The van der Waals surface area contributed by atoms with Gasteiger partial charge in [-0.25, -0.2) is 4.79 Å². The summed E-state index contributed by atoms with van der Waals surface area (Å²) in [5.74, 6) is -2.97. The molecule has 0 aliphatic rings. The molecular formula is C5H7NO4. The zero-order valence-electron chi connectivity index (χ0n) is 5.38. The van der Waals surface area contributed by atoms with Crippen LogP contribution in [0.1, 0.15) is 6.92 Å². The topological polar surface area (TPSA) is 83.5 Å². The Bertz CT molecular complexity index is 174. The van der Waals surface area contributed by atoms with Crippen LogP contribution in [0.2, 0.25) is 0 Å². The van der Waals surface area contributed by atoms with E-state index in [-0.39, 0.29) is 0 Å². The van der Waals surface area contributed by atoms with Gasteiger partial charge in [-0.3, -0.25) is 9.59 Å². The van der Waals surface area contributed by atoms with Crippen LogP contribution in [0, 0.1) is 0 Å². The molecule has 0 aromatic rings. The molecule has 0 saturated heterocycles. The molecule has 5 heteroatoms. The van der Waals surface area contributed by atoms with Crippen LogP contribution in [-0.2, 0) is 14.4 Å². The number of aliphatic carboxylic acids is 1. The van der Waals surface area contributed by atoms with Gasteiger partial charge in [0.05, 0.1) is 6.54 Å². The van der Waals surface area contributed by atoms with Crippen molar-refractivity contribution >= 4 is 17.7 Å². The highest BCUT2D eigenvalue weighted by molar-refractivity contribution is 6.33. The average Bonchev–Trinajstić information content (AvgIpc) is 1.82. The molecule has 56 valence electrons. The molecule has 5 nitrogen and oxygen atoms in total. The molecule has 0 unspecified atom stereocenters. The Morgan fingerprint density at radius 2 is 1.90 bits per heavy atom. The molecule has 0 aromatic heterocycles. The quantitative estimate of drug-likeness (QED) is 0.487. The molecule has 0 radical (unpaired) electrons. The van der Waals surface area contributed by atoms with Crippen LogP contribution in [-0.4, -0.2) is 29.3 Å². The summed E-state index contributed by atoms with van der Waals surface area (Å²) >= 11 is 0. The van der Waals surface area contributed by atoms with Gasteiger partial charge in [0.15, 0.2) is 0 Å². The third-order valence-electron chi connectivity index (χ3n) is 0.736. The summed E-state index contributed by atoms with van der Waals surface area (Å²) in [6.07, 6.45) is 0. The van der Waals surface area contributed by atoms with Gasteiger partial charge in [-0.05, 0) is 0 Å². The van der Waals surface area contributed by atoms with E-state index in [1.807, 2.05) is 0 Å². The third-order valence-corrected chi connectivity index (χ3v) is 0.736. The first-order valence-electron chi connectivity index (χ1n) is 2.54. The molecule has 0 aromatic carbocycles. The monoisotopic (exact) mass is 145 g/mol. The Kier molecular flexibility index (Phi) is 3.10. The van der Waals surface area contributed by atoms with Crippen molar-refractivity contribution in [2.24, 2.45) is 0 Å². The van der Waals surface area contributed by atoms with Gasteiger partial charge < -0.3 is 10.4 Å². The zero-order chi connectivity index (χ0) is 8.15. The first-order chi connectivity index (χ1) is 4.54. The van der Waals surface area contributed by atoms with Crippen molar-refractivity contribution in [1.29, 1.82) is 0 Å². The van der Waals surface area contributed by atoms with Crippen molar-refractivity contribution in [3.63, 3.8) is 0 Å². The molecule has 0 aliphatic carbocycles. The number of nitrogens with one attached hydrogen (secondary N) is 1. The highest BCUT2D eigenvalue weighted by atomic mass is 16.4. The summed E-state index contributed by atoms with van der Waals surface area (Å²) in [7, 11) is 0. The lowest BCUT2D eigenvalue weighted by Crippen LogP contribution is -2.31. The first-order valence-corrected chi connectivity index (χ1v) is 2.54. The van der Waals surface area contributed by atoms with Crippen LogP contribution < -0.4 is 5.32 Å². The van der Waals surface area contributed by atoms with E-state index in [1.165, 1.54) is 6.92 Å². The van der Waals surface area contributed by atoms with E-state index in [4.69, 9.17) is 5.11 Å². The molecule has 0 fully saturated rings. The molecule has 2 N–H and O–H groups in total. The number of carbonyl (C=O) groups is 3. The summed E-state index contributed by atoms with van der Waals surface area (Å²) in [5.41, 5.74) is 0. The van der Waals surface area contributed by atoms with E-state index < -0.39 is 24.2 Å². The second-order valence-corrected chi connectivity index (χ2v) is 1.64. The Hall–Kier alpha value is -1.39. The fraction of sp³-hybridized carbons (Fsp3) is 0.400. The molecule has 0 rings (SSSR count). The maximum absolute atomic E-state index is 10.2. The van der Waals surface area contributed by atoms with Crippen molar-refractivity contribution in [1.82, 2.24) is 5.32 Å². The number of Topliss-reactive ketones (excluding diaryl/α,β-unsaturated/α-hetero) is 1. The van der Waals surface area contributed by atoms with E-state index >= 15 is 0 Å². The average molecular weight is 145 g/mol. The predicted molar refractivity (Wildman–Crippen MR) is 31.3 cm³/mol. The number of carboxylic acids is 1. The molecule has 10 heavy (non-hydrogen) atoms. The molecule has 0 aliphatic heterocycles. The van der Waals surface area contributed by atoms with Crippen LogP contribution >= 0.6 is 0 Å². The first kappa shape index (κ1) is 8.61. The van der Waals surface area contributed by atoms with Crippen molar-refractivity contribution in [3.8, 4) is 0 Å². The van der Waals surface area contributed by atoms with Gasteiger partial charge in [0.25, 0.3) is 5.78 Å². The Balaban J connectivity index is 3.60. The van der Waals surface area contributed by atoms with E-state index in [1.54, 1.807) is 0 Å².